The number of hydrogen-bond donors (Lipinski definition) is 2. The molecule has 0 saturated heterocycles. The molecule has 2 heterocycles. The molecular formula is C24H16BFN2O6. The molecule has 0 fully saturated rings. The van der Waals surface area contributed by atoms with Crippen LogP contribution in [0.25, 0.3) is 33.6 Å². The molecule has 0 radical (unpaired) electrons. The molecule has 0 saturated carbocycles. The molecule has 2 N–H and O–H groups in total. The van der Waals surface area contributed by atoms with Crippen LogP contribution in [0.5, 0.6) is 5.75 Å². The van der Waals surface area contributed by atoms with Crippen LogP contribution in [0, 0.1) is 5.82 Å². The maximum atomic E-state index is 13.1. The monoisotopic (exact) mass is 458 g/mol. The normalized spacial score (nSPS) is 11.0. The van der Waals surface area contributed by atoms with E-state index in [9.17, 15) is 19.2 Å². The van der Waals surface area contributed by atoms with Crippen molar-refractivity contribution in [1.29, 1.82) is 0 Å². The van der Waals surface area contributed by atoms with Gasteiger partial charge in [0.05, 0.1) is 10.9 Å². The van der Waals surface area contributed by atoms with Crippen LogP contribution in [0.1, 0.15) is 5.82 Å². The van der Waals surface area contributed by atoms with Gasteiger partial charge in [-0.2, -0.15) is 4.98 Å². The van der Waals surface area contributed by atoms with Crippen molar-refractivity contribution < 1.29 is 28.1 Å². The molecule has 0 spiro atoms. The molecule has 0 unspecified atom stereocenters. The zero-order valence-electron chi connectivity index (χ0n) is 17.5. The second-order valence-corrected chi connectivity index (χ2v) is 7.44. The molecule has 0 bridgehead atoms. The summed E-state index contributed by atoms with van der Waals surface area (Å²) in [6, 6.07) is 16.8. The lowest BCUT2D eigenvalue weighted by molar-refractivity contribution is 0.287. The summed E-state index contributed by atoms with van der Waals surface area (Å²) >= 11 is 0. The number of halogens is 1. The highest BCUT2D eigenvalue weighted by Crippen LogP contribution is 2.24. The standard InChI is InChI=1S/C24H16BFN2O6/c26-17-7-3-15(4-8-17)24-27-22(28-34-24)13-32-18-9-10-19-21(11-18)33-12-20(23(19)29)14-1-5-16(6-2-14)25(30)31/h1-12,30-31H,13H2. The molecule has 0 aliphatic rings. The fourth-order valence-corrected chi connectivity index (χ4v) is 3.40. The van der Waals surface area contributed by atoms with Gasteiger partial charge in [0.15, 0.2) is 12.0 Å². The topological polar surface area (TPSA) is 119 Å². The largest absolute Gasteiger partial charge is 0.488 e. The fraction of sp³-hybridized carbons (Fsp3) is 0.0417. The Morgan fingerprint density at radius 2 is 1.71 bits per heavy atom. The predicted octanol–water partition coefficient (Wildman–Crippen LogP) is 2.91. The molecule has 2 aromatic heterocycles. The maximum absolute atomic E-state index is 13.1. The van der Waals surface area contributed by atoms with Gasteiger partial charge < -0.3 is 23.7 Å². The third kappa shape index (κ3) is 4.32. The van der Waals surface area contributed by atoms with Gasteiger partial charge in [-0.15, -0.1) is 0 Å². The number of benzene rings is 3. The number of fused-ring (bicyclic) bond motifs is 1. The summed E-state index contributed by atoms with van der Waals surface area (Å²) in [7, 11) is -1.58. The zero-order chi connectivity index (χ0) is 23.7. The Kier molecular flexibility index (Phi) is 5.66. The number of nitrogens with zero attached hydrogens (tertiary/aromatic N) is 2. The lowest BCUT2D eigenvalue weighted by atomic mass is 9.80. The van der Waals surface area contributed by atoms with Gasteiger partial charge in [-0.3, -0.25) is 4.79 Å². The van der Waals surface area contributed by atoms with E-state index < -0.39 is 7.12 Å². The molecular weight excluding hydrogens is 442 g/mol. The van der Waals surface area contributed by atoms with Crippen molar-refractivity contribution in [2.24, 2.45) is 0 Å². The second kappa shape index (κ2) is 8.93. The van der Waals surface area contributed by atoms with E-state index in [2.05, 4.69) is 10.1 Å². The van der Waals surface area contributed by atoms with Crippen molar-refractivity contribution in [3.05, 3.63) is 94.9 Å². The summed E-state index contributed by atoms with van der Waals surface area (Å²) in [6.07, 6.45) is 1.35. The summed E-state index contributed by atoms with van der Waals surface area (Å²) in [6.45, 7) is 0.0155. The molecule has 0 amide bonds. The SMILES string of the molecule is O=c1c(-c2ccc(B(O)O)cc2)coc2cc(OCc3noc(-c4ccc(F)cc4)n3)ccc12. The van der Waals surface area contributed by atoms with E-state index in [1.54, 1.807) is 30.3 Å². The molecule has 10 heteroatoms. The molecule has 34 heavy (non-hydrogen) atoms. The summed E-state index contributed by atoms with van der Waals surface area (Å²) in [4.78, 5) is 17.2. The minimum atomic E-state index is -1.58. The third-order valence-corrected chi connectivity index (χ3v) is 5.19. The third-order valence-electron chi connectivity index (χ3n) is 5.19. The smallest absolute Gasteiger partial charge is 0.485 e. The highest BCUT2D eigenvalue weighted by molar-refractivity contribution is 6.58. The van der Waals surface area contributed by atoms with Crippen LogP contribution in [0.15, 0.2) is 86.7 Å². The number of ether oxygens (including phenoxy) is 1. The number of hydrogen-bond acceptors (Lipinski definition) is 8. The second-order valence-electron chi connectivity index (χ2n) is 7.44. The number of aromatic nitrogens is 2. The van der Waals surface area contributed by atoms with Gasteiger partial charge in [-0.25, -0.2) is 4.39 Å². The van der Waals surface area contributed by atoms with Crippen molar-refractivity contribution in [2.75, 3.05) is 0 Å². The van der Waals surface area contributed by atoms with Gasteiger partial charge in [0.2, 0.25) is 5.82 Å². The maximum Gasteiger partial charge on any atom is 0.488 e. The van der Waals surface area contributed by atoms with Crippen molar-refractivity contribution in [2.45, 2.75) is 6.61 Å². The average molecular weight is 458 g/mol. The van der Waals surface area contributed by atoms with Crippen molar-refractivity contribution >= 4 is 23.6 Å². The highest BCUT2D eigenvalue weighted by Gasteiger charge is 2.14. The molecule has 8 nitrogen and oxygen atoms in total. The summed E-state index contributed by atoms with van der Waals surface area (Å²) < 4.78 is 29.6. The van der Waals surface area contributed by atoms with Crippen molar-refractivity contribution in [3.8, 4) is 28.3 Å². The van der Waals surface area contributed by atoms with E-state index in [4.69, 9.17) is 13.7 Å². The highest BCUT2D eigenvalue weighted by atomic mass is 19.1. The van der Waals surface area contributed by atoms with Gasteiger partial charge in [-0.1, -0.05) is 29.4 Å². The zero-order valence-corrected chi connectivity index (χ0v) is 17.5. The lowest BCUT2D eigenvalue weighted by Gasteiger charge is -2.07. The average Bonchev–Trinajstić information content (AvgIpc) is 3.32. The van der Waals surface area contributed by atoms with Crippen LogP contribution < -0.4 is 15.6 Å². The van der Waals surface area contributed by atoms with Gasteiger partial charge in [-0.05, 0) is 47.4 Å². The molecule has 3 aromatic carbocycles. The fourth-order valence-electron chi connectivity index (χ4n) is 3.40. The van der Waals surface area contributed by atoms with Crippen LogP contribution in [0.2, 0.25) is 0 Å². The van der Waals surface area contributed by atoms with Crippen LogP contribution >= 0.6 is 0 Å². The summed E-state index contributed by atoms with van der Waals surface area (Å²) in [5.74, 6) is 0.629. The first kappa shape index (κ1) is 21.6. The van der Waals surface area contributed by atoms with Crippen LogP contribution in [-0.2, 0) is 6.61 Å². The predicted molar refractivity (Wildman–Crippen MR) is 122 cm³/mol. The Labute approximate surface area is 192 Å². The minimum absolute atomic E-state index is 0.0155. The van der Waals surface area contributed by atoms with Gasteiger partial charge in [0.1, 0.15) is 23.4 Å². The molecule has 0 atom stereocenters. The van der Waals surface area contributed by atoms with E-state index in [0.29, 0.717) is 44.7 Å². The van der Waals surface area contributed by atoms with E-state index in [0.717, 1.165) is 0 Å². The Morgan fingerprint density at radius 1 is 0.971 bits per heavy atom. The van der Waals surface area contributed by atoms with Crippen LogP contribution in [0.3, 0.4) is 0 Å². The molecule has 0 aliphatic heterocycles. The summed E-state index contributed by atoms with van der Waals surface area (Å²) in [5.41, 5.74) is 1.96. The van der Waals surface area contributed by atoms with Crippen molar-refractivity contribution in [3.63, 3.8) is 0 Å². The summed E-state index contributed by atoms with van der Waals surface area (Å²) in [5, 5.41) is 22.7. The lowest BCUT2D eigenvalue weighted by Crippen LogP contribution is -2.29. The first-order chi connectivity index (χ1) is 16.5. The first-order valence-electron chi connectivity index (χ1n) is 10.2. The minimum Gasteiger partial charge on any atom is -0.485 e. The molecule has 0 aliphatic carbocycles. The first-order valence-corrected chi connectivity index (χ1v) is 10.2. The Morgan fingerprint density at radius 3 is 2.44 bits per heavy atom. The van der Waals surface area contributed by atoms with Crippen molar-refractivity contribution in [1.82, 2.24) is 10.1 Å². The quantitative estimate of drug-likeness (QED) is 0.373. The van der Waals surface area contributed by atoms with Crippen LogP contribution in [-0.4, -0.2) is 27.3 Å². The van der Waals surface area contributed by atoms with E-state index in [1.165, 1.54) is 42.7 Å². The molecule has 168 valence electrons. The molecule has 5 aromatic rings. The number of rotatable bonds is 6. The molecule has 5 rings (SSSR count). The van der Waals surface area contributed by atoms with Gasteiger partial charge in [0, 0.05) is 11.6 Å². The van der Waals surface area contributed by atoms with Gasteiger partial charge in [0.25, 0.3) is 5.89 Å². The Hall–Kier alpha value is -4.28. The Bertz CT molecular complexity index is 1510. The van der Waals surface area contributed by atoms with E-state index in [-0.39, 0.29) is 23.7 Å². The van der Waals surface area contributed by atoms with E-state index >= 15 is 0 Å². The van der Waals surface area contributed by atoms with E-state index in [1.807, 2.05) is 0 Å². The van der Waals surface area contributed by atoms with Crippen LogP contribution in [0.4, 0.5) is 4.39 Å². The van der Waals surface area contributed by atoms with Gasteiger partial charge >= 0.3 is 7.12 Å². The Balaban J connectivity index is 1.33.